The van der Waals surface area contributed by atoms with Gasteiger partial charge in [-0.05, 0) is 55.6 Å². The maximum Gasteiger partial charge on any atom is 0.341 e. The summed E-state index contributed by atoms with van der Waals surface area (Å²) in [6, 6.07) is 8.39. The molecule has 0 amide bonds. The Bertz CT molecular complexity index is 768. The van der Waals surface area contributed by atoms with Crippen LogP contribution in [0.4, 0.5) is 4.39 Å². The first-order chi connectivity index (χ1) is 13.5. The maximum atomic E-state index is 14.0. The smallest absolute Gasteiger partial charge is 0.341 e. The van der Waals surface area contributed by atoms with E-state index in [1.807, 2.05) is 26.2 Å². The molecule has 1 aliphatic carbocycles. The van der Waals surface area contributed by atoms with Crippen LogP contribution in [0.1, 0.15) is 63.0 Å². The van der Waals surface area contributed by atoms with E-state index in [2.05, 4.69) is 34.2 Å². The summed E-state index contributed by atoms with van der Waals surface area (Å²) in [6.45, 7) is 5.60. The van der Waals surface area contributed by atoms with E-state index in [4.69, 9.17) is 4.74 Å². The van der Waals surface area contributed by atoms with Crippen LogP contribution < -0.4 is 0 Å². The zero-order valence-corrected chi connectivity index (χ0v) is 16.9. The fraction of sp³-hybridized carbons (Fsp3) is 0.522. The number of benzene rings is 1. The van der Waals surface area contributed by atoms with Gasteiger partial charge in [-0.1, -0.05) is 44.5 Å². The van der Waals surface area contributed by atoms with E-state index in [9.17, 15) is 9.18 Å². The van der Waals surface area contributed by atoms with Crippen LogP contribution in [0, 0.1) is 12.8 Å². The molecule has 0 unspecified atom stereocenters. The minimum Gasteiger partial charge on any atom is -0.460 e. The number of alkyl halides is 1. The largest absolute Gasteiger partial charge is 0.460 e. The van der Waals surface area contributed by atoms with Crippen molar-refractivity contribution in [2.24, 2.45) is 5.92 Å². The highest BCUT2D eigenvalue weighted by molar-refractivity contribution is 5.75. The highest BCUT2D eigenvalue weighted by Gasteiger charge is 2.30. The van der Waals surface area contributed by atoms with E-state index in [0.717, 1.165) is 42.6 Å². The van der Waals surface area contributed by atoms with Crippen molar-refractivity contribution < 1.29 is 13.9 Å². The lowest BCUT2D eigenvalue weighted by Crippen LogP contribution is -2.31. The molecule has 4 nitrogen and oxygen atoms in total. The molecule has 1 saturated carbocycles. The van der Waals surface area contributed by atoms with Crippen LogP contribution >= 0.6 is 0 Å². The first kappa shape index (κ1) is 20.4. The quantitative estimate of drug-likeness (QED) is 0.625. The molecule has 0 radical (unpaired) electrons. The van der Waals surface area contributed by atoms with Crippen LogP contribution in [-0.2, 0) is 9.53 Å². The number of carbonyl (C=O) groups excluding carboxylic acids is 1. The summed E-state index contributed by atoms with van der Waals surface area (Å²) in [5, 5.41) is 0. The normalized spacial score (nSPS) is 21.7. The first-order valence-corrected chi connectivity index (χ1v) is 10.2. The summed E-state index contributed by atoms with van der Waals surface area (Å²) in [6.07, 6.45) is 6.05. The van der Waals surface area contributed by atoms with Gasteiger partial charge in [-0.15, -0.1) is 0 Å². The molecule has 0 bridgehead atoms. The molecule has 3 rings (SSSR count). The molecule has 2 atom stereocenters. The fourth-order valence-electron chi connectivity index (χ4n) is 3.63. The summed E-state index contributed by atoms with van der Waals surface area (Å²) >= 11 is 0. The van der Waals surface area contributed by atoms with Crippen molar-refractivity contribution in [3.05, 3.63) is 47.8 Å². The SMILES string of the molecule is CC[C@H](C)[C@H](F)C(=O)OC1CCC(c2ccc(-c3ncc(C)cn3)cc2)CC1. The molecule has 150 valence electrons. The molecule has 2 aromatic rings. The Kier molecular flexibility index (Phi) is 6.76. The fourth-order valence-corrected chi connectivity index (χ4v) is 3.63. The molecule has 28 heavy (non-hydrogen) atoms. The zero-order chi connectivity index (χ0) is 20.1. The Balaban J connectivity index is 1.53. The molecule has 0 N–H and O–H groups in total. The molecule has 1 heterocycles. The number of aromatic nitrogens is 2. The predicted octanol–water partition coefficient (Wildman–Crippen LogP) is 5.41. The third-order valence-corrected chi connectivity index (χ3v) is 5.75. The van der Waals surface area contributed by atoms with Gasteiger partial charge in [-0.3, -0.25) is 0 Å². The van der Waals surface area contributed by atoms with Crippen molar-refractivity contribution in [3.8, 4) is 11.4 Å². The summed E-state index contributed by atoms with van der Waals surface area (Å²) in [5.74, 6) is 0.189. The van der Waals surface area contributed by atoms with Gasteiger partial charge in [0.05, 0.1) is 0 Å². The molecule has 0 saturated heterocycles. The second-order valence-corrected chi connectivity index (χ2v) is 7.90. The predicted molar refractivity (Wildman–Crippen MR) is 108 cm³/mol. The van der Waals surface area contributed by atoms with E-state index in [1.165, 1.54) is 5.56 Å². The number of carbonyl (C=O) groups is 1. The summed E-state index contributed by atoms with van der Waals surface area (Å²) in [5.41, 5.74) is 3.33. The van der Waals surface area contributed by atoms with Crippen LogP contribution in [-0.4, -0.2) is 28.2 Å². The van der Waals surface area contributed by atoms with Gasteiger partial charge >= 0.3 is 5.97 Å². The average Bonchev–Trinajstić information content (AvgIpc) is 2.74. The second kappa shape index (κ2) is 9.26. The van der Waals surface area contributed by atoms with E-state index in [-0.39, 0.29) is 12.0 Å². The summed E-state index contributed by atoms with van der Waals surface area (Å²) < 4.78 is 19.4. The molecular weight excluding hydrogens is 355 g/mol. The molecule has 1 aromatic heterocycles. The van der Waals surface area contributed by atoms with Gasteiger partial charge in [-0.25, -0.2) is 19.2 Å². The lowest BCUT2D eigenvalue weighted by molar-refractivity contribution is -0.158. The molecular formula is C23H29FN2O2. The minimum atomic E-state index is -1.51. The Morgan fingerprint density at radius 1 is 1.14 bits per heavy atom. The van der Waals surface area contributed by atoms with Crippen molar-refractivity contribution in [2.75, 3.05) is 0 Å². The Hall–Kier alpha value is -2.30. The van der Waals surface area contributed by atoms with Gasteiger partial charge in [0.1, 0.15) is 6.10 Å². The van der Waals surface area contributed by atoms with Crippen molar-refractivity contribution in [2.45, 2.75) is 71.1 Å². The van der Waals surface area contributed by atoms with Gasteiger partial charge < -0.3 is 4.74 Å². The molecule has 5 heteroatoms. The van der Waals surface area contributed by atoms with Gasteiger partial charge in [0.25, 0.3) is 0 Å². The lowest BCUT2D eigenvalue weighted by Gasteiger charge is -2.29. The lowest BCUT2D eigenvalue weighted by atomic mass is 9.82. The minimum absolute atomic E-state index is 0.161. The standard InChI is InChI=1S/C23H29FN2O2/c1-4-16(3)21(24)23(27)28-20-11-9-18(10-12-20)17-5-7-19(8-6-17)22-25-13-15(2)14-26-22/h5-8,13-14,16,18,20-21H,4,9-12H2,1-3H3/t16-,18?,20?,21-/m0/s1. The van der Waals surface area contributed by atoms with Gasteiger partial charge in [0, 0.05) is 18.0 Å². The monoisotopic (exact) mass is 384 g/mol. The van der Waals surface area contributed by atoms with E-state index < -0.39 is 12.1 Å². The molecule has 0 spiro atoms. The topological polar surface area (TPSA) is 52.1 Å². The molecule has 1 fully saturated rings. The first-order valence-electron chi connectivity index (χ1n) is 10.2. The van der Waals surface area contributed by atoms with Crippen LogP contribution in [0.5, 0.6) is 0 Å². The number of esters is 1. The van der Waals surface area contributed by atoms with Crippen LogP contribution in [0.15, 0.2) is 36.7 Å². The van der Waals surface area contributed by atoms with E-state index in [1.54, 1.807) is 6.92 Å². The van der Waals surface area contributed by atoms with Crippen LogP contribution in [0.3, 0.4) is 0 Å². The van der Waals surface area contributed by atoms with Crippen molar-refractivity contribution in [1.29, 1.82) is 0 Å². The Labute approximate surface area is 166 Å². The van der Waals surface area contributed by atoms with Crippen LogP contribution in [0.25, 0.3) is 11.4 Å². The van der Waals surface area contributed by atoms with Gasteiger partial charge in [0.15, 0.2) is 12.0 Å². The number of rotatable bonds is 6. The third-order valence-electron chi connectivity index (χ3n) is 5.75. The number of hydrogen-bond acceptors (Lipinski definition) is 4. The van der Waals surface area contributed by atoms with Crippen molar-refractivity contribution in [1.82, 2.24) is 9.97 Å². The number of hydrogen-bond donors (Lipinski definition) is 0. The number of halogens is 1. The van der Waals surface area contributed by atoms with Crippen LogP contribution in [0.2, 0.25) is 0 Å². The van der Waals surface area contributed by atoms with E-state index >= 15 is 0 Å². The van der Waals surface area contributed by atoms with Gasteiger partial charge in [-0.2, -0.15) is 0 Å². The second-order valence-electron chi connectivity index (χ2n) is 7.90. The average molecular weight is 384 g/mol. The summed E-state index contributed by atoms with van der Waals surface area (Å²) in [4.78, 5) is 20.7. The Morgan fingerprint density at radius 3 is 2.32 bits per heavy atom. The molecule has 1 aliphatic rings. The van der Waals surface area contributed by atoms with Crippen molar-refractivity contribution >= 4 is 5.97 Å². The number of aryl methyl sites for hydroxylation is 1. The third kappa shape index (κ3) is 4.94. The highest BCUT2D eigenvalue weighted by Crippen LogP contribution is 2.35. The number of nitrogens with zero attached hydrogens (tertiary/aromatic N) is 2. The summed E-state index contributed by atoms with van der Waals surface area (Å²) in [7, 11) is 0. The van der Waals surface area contributed by atoms with Gasteiger partial charge in [0.2, 0.25) is 0 Å². The Morgan fingerprint density at radius 2 is 1.75 bits per heavy atom. The van der Waals surface area contributed by atoms with E-state index in [0.29, 0.717) is 12.3 Å². The highest BCUT2D eigenvalue weighted by atomic mass is 19.1. The molecule has 1 aromatic carbocycles. The van der Waals surface area contributed by atoms with Crippen molar-refractivity contribution in [3.63, 3.8) is 0 Å². The maximum absolute atomic E-state index is 14.0. The zero-order valence-electron chi connectivity index (χ0n) is 16.9. The number of ether oxygens (including phenoxy) is 1. The molecule has 0 aliphatic heterocycles.